The highest BCUT2D eigenvalue weighted by atomic mass is 16.2. The lowest BCUT2D eigenvalue weighted by molar-refractivity contribution is -0.117. The topological polar surface area (TPSA) is 32.3 Å². The van der Waals surface area contributed by atoms with Gasteiger partial charge in [0.2, 0.25) is 5.91 Å². The van der Waals surface area contributed by atoms with Gasteiger partial charge in [-0.1, -0.05) is 37.5 Å². The average molecular weight is 246 g/mol. The number of nitrogens with zero attached hydrogens (tertiary/aromatic N) is 1. The zero-order valence-corrected chi connectivity index (χ0v) is 11.1. The maximum Gasteiger partial charge on any atom is 0.238 e. The summed E-state index contributed by atoms with van der Waals surface area (Å²) < 4.78 is 0. The second-order valence-corrected chi connectivity index (χ2v) is 5.12. The van der Waals surface area contributed by atoms with Crippen LogP contribution < -0.4 is 5.32 Å². The van der Waals surface area contributed by atoms with Crippen molar-refractivity contribution in [3.8, 4) is 0 Å². The van der Waals surface area contributed by atoms with E-state index in [-0.39, 0.29) is 5.91 Å². The van der Waals surface area contributed by atoms with E-state index >= 15 is 0 Å². The van der Waals surface area contributed by atoms with Crippen LogP contribution in [0, 0.1) is 0 Å². The van der Waals surface area contributed by atoms with Crippen LogP contribution in [0.25, 0.3) is 0 Å². The molecule has 0 heterocycles. The van der Waals surface area contributed by atoms with Gasteiger partial charge >= 0.3 is 0 Å². The highest BCUT2D eigenvalue weighted by Crippen LogP contribution is 2.21. The summed E-state index contributed by atoms with van der Waals surface area (Å²) in [6.45, 7) is 0.486. The SMILES string of the molecule is CN(CC(=O)Nc1ccccc1)C1CCCCC1. The van der Waals surface area contributed by atoms with E-state index in [1.165, 1.54) is 32.1 Å². The molecule has 0 saturated heterocycles. The monoisotopic (exact) mass is 246 g/mol. The molecule has 0 spiro atoms. The molecule has 18 heavy (non-hydrogen) atoms. The average Bonchev–Trinajstić information content (AvgIpc) is 2.40. The number of anilines is 1. The molecule has 1 aliphatic carbocycles. The summed E-state index contributed by atoms with van der Waals surface area (Å²) in [6, 6.07) is 10.2. The van der Waals surface area contributed by atoms with Crippen LogP contribution in [0.3, 0.4) is 0 Å². The van der Waals surface area contributed by atoms with Crippen LogP contribution in [0.1, 0.15) is 32.1 Å². The third-order valence-electron chi connectivity index (χ3n) is 3.65. The summed E-state index contributed by atoms with van der Waals surface area (Å²) in [4.78, 5) is 14.1. The first-order valence-corrected chi connectivity index (χ1v) is 6.81. The molecule has 1 saturated carbocycles. The van der Waals surface area contributed by atoms with E-state index in [1.807, 2.05) is 30.3 Å². The minimum absolute atomic E-state index is 0.0780. The van der Waals surface area contributed by atoms with Gasteiger partial charge in [-0.3, -0.25) is 9.69 Å². The zero-order chi connectivity index (χ0) is 12.8. The van der Waals surface area contributed by atoms with Crippen molar-refractivity contribution in [1.29, 1.82) is 0 Å². The molecule has 1 aromatic carbocycles. The molecule has 0 bridgehead atoms. The molecule has 0 aromatic heterocycles. The van der Waals surface area contributed by atoms with Crippen LogP contribution in [0.4, 0.5) is 5.69 Å². The molecule has 1 N–H and O–H groups in total. The molecule has 0 aliphatic heterocycles. The van der Waals surface area contributed by atoms with Crippen molar-refractivity contribution < 1.29 is 4.79 Å². The number of carbonyl (C=O) groups excluding carboxylic acids is 1. The van der Waals surface area contributed by atoms with Crippen molar-refractivity contribution >= 4 is 11.6 Å². The van der Waals surface area contributed by atoms with Gasteiger partial charge in [0.25, 0.3) is 0 Å². The number of hydrogen-bond donors (Lipinski definition) is 1. The molecule has 98 valence electrons. The fourth-order valence-electron chi connectivity index (χ4n) is 2.60. The normalized spacial score (nSPS) is 16.8. The molecule has 3 heteroatoms. The first kappa shape index (κ1) is 13.1. The van der Waals surface area contributed by atoms with Gasteiger partial charge in [-0.2, -0.15) is 0 Å². The van der Waals surface area contributed by atoms with Gasteiger partial charge < -0.3 is 5.32 Å². The Kier molecular flexibility index (Phi) is 4.76. The predicted molar refractivity (Wildman–Crippen MR) is 74.6 cm³/mol. The van der Waals surface area contributed by atoms with E-state index in [1.54, 1.807) is 0 Å². The molecule has 1 aromatic rings. The third kappa shape index (κ3) is 3.84. The Morgan fingerprint density at radius 1 is 1.22 bits per heavy atom. The van der Waals surface area contributed by atoms with E-state index in [2.05, 4.69) is 17.3 Å². The number of amides is 1. The Balaban J connectivity index is 1.79. The second kappa shape index (κ2) is 6.55. The molecule has 0 atom stereocenters. The smallest absolute Gasteiger partial charge is 0.238 e. The van der Waals surface area contributed by atoms with Gasteiger partial charge in [-0.25, -0.2) is 0 Å². The Labute approximate surface area is 109 Å². The standard InChI is InChI=1S/C15H22N2O/c1-17(14-10-6-3-7-11-14)12-15(18)16-13-8-4-2-5-9-13/h2,4-5,8-9,14H,3,6-7,10-12H2,1H3,(H,16,18). The van der Waals surface area contributed by atoms with Gasteiger partial charge in [-0.05, 0) is 32.0 Å². The predicted octanol–water partition coefficient (Wildman–Crippen LogP) is 2.89. The van der Waals surface area contributed by atoms with Crippen molar-refractivity contribution in [2.24, 2.45) is 0 Å². The third-order valence-corrected chi connectivity index (χ3v) is 3.65. The zero-order valence-electron chi connectivity index (χ0n) is 11.1. The Morgan fingerprint density at radius 3 is 2.56 bits per heavy atom. The quantitative estimate of drug-likeness (QED) is 0.886. The molecule has 1 fully saturated rings. The van der Waals surface area contributed by atoms with E-state index in [0.29, 0.717) is 12.6 Å². The fourth-order valence-corrected chi connectivity index (χ4v) is 2.60. The molecule has 0 unspecified atom stereocenters. The molecule has 1 aliphatic rings. The molecular formula is C15H22N2O. The van der Waals surface area contributed by atoms with Gasteiger partial charge in [0, 0.05) is 11.7 Å². The van der Waals surface area contributed by atoms with Crippen molar-refractivity contribution in [2.45, 2.75) is 38.1 Å². The summed E-state index contributed by atoms with van der Waals surface area (Å²) in [5.41, 5.74) is 0.875. The number of para-hydroxylation sites is 1. The maximum absolute atomic E-state index is 11.9. The summed E-state index contributed by atoms with van der Waals surface area (Å²) in [7, 11) is 2.06. The number of likely N-dealkylation sites (N-methyl/N-ethyl adjacent to an activating group) is 1. The van der Waals surface area contributed by atoms with Crippen LogP contribution in [-0.4, -0.2) is 30.4 Å². The van der Waals surface area contributed by atoms with Gasteiger partial charge in [0.1, 0.15) is 0 Å². The highest BCUT2D eigenvalue weighted by Gasteiger charge is 2.19. The van der Waals surface area contributed by atoms with E-state index in [4.69, 9.17) is 0 Å². The molecule has 2 rings (SSSR count). The summed E-state index contributed by atoms with van der Waals surface area (Å²) >= 11 is 0. The van der Waals surface area contributed by atoms with Gasteiger partial charge in [0.15, 0.2) is 0 Å². The minimum Gasteiger partial charge on any atom is -0.325 e. The Bertz CT molecular complexity index is 371. The van der Waals surface area contributed by atoms with Gasteiger partial charge in [0.05, 0.1) is 6.54 Å². The maximum atomic E-state index is 11.9. The number of rotatable bonds is 4. The van der Waals surface area contributed by atoms with Crippen LogP contribution in [0.15, 0.2) is 30.3 Å². The lowest BCUT2D eigenvalue weighted by atomic mass is 9.94. The first-order valence-electron chi connectivity index (χ1n) is 6.81. The minimum atomic E-state index is 0.0780. The fraction of sp³-hybridized carbons (Fsp3) is 0.533. The number of nitrogens with one attached hydrogen (secondary N) is 1. The molecule has 1 amide bonds. The summed E-state index contributed by atoms with van der Waals surface area (Å²) in [6.07, 6.45) is 6.41. The van der Waals surface area contributed by atoms with Crippen LogP contribution in [0.2, 0.25) is 0 Å². The summed E-state index contributed by atoms with van der Waals surface area (Å²) in [5, 5.41) is 2.93. The first-order chi connectivity index (χ1) is 8.75. The Morgan fingerprint density at radius 2 is 1.89 bits per heavy atom. The Hall–Kier alpha value is -1.35. The van der Waals surface area contributed by atoms with E-state index in [9.17, 15) is 4.79 Å². The van der Waals surface area contributed by atoms with Gasteiger partial charge in [-0.15, -0.1) is 0 Å². The van der Waals surface area contributed by atoms with E-state index < -0.39 is 0 Å². The molecular weight excluding hydrogens is 224 g/mol. The van der Waals surface area contributed by atoms with Crippen molar-refractivity contribution in [3.63, 3.8) is 0 Å². The lowest BCUT2D eigenvalue weighted by Crippen LogP contribution is -2.39. The van der Waals surface area contributed by atoms with Crippen LogP contribution >= 0.6 is 0 Å². The largest absolute Gasteiger partial charge is 0.325 e. The van der Waals surface area contributed by atoms with Crippen molar-refractivity contribution in [3.05, 3.63) is 30.3 Å². The van der Waals surface area contributed by atoms with Crippen molar-refractivity contribution in [2.75, 3.05) is 18.9 Å². The lowest BCUT2D eigenvalue weighted by Gasteiger charge is -2.30. The number of carbonyl (C=O) groups is 1. The second-order valence-electron chi connectivity index (χ2n) is 5.12. The van der Waals surface area contributed by atoms with E-state index in [0.717, 1.165) is 5.69 Å². The van der Waals surface area contributed by atoms with Crippen LogP contribution in [0.5, 0.6) is 0 Å². The molecule has 3 nitrogen and oxygen atoms in total. The highest BCUT2D eigenvalue weighted by molar-refractivity contribution is 5.92. The van der Waals surface area contributed by atoms with Crippen molar-refractivity contribution in [1.82, 2.24) is 4.90 Å². The van der Waals surface area contributed by atoms with Crippen LogP contribution in [-0.2, 0) is 4.79 Å². The number of hydrogen-bond acceptors (Lipinski definition) is 2. The number of benzene rings is 1. The summed E-state index contributed by atoms with van der Waals surface area (Å²) in [5.74, 6) is 0.0780. The molecule has 0 radical (unpaired) electrons.